The number of hydrogen-bond donors (Lipinski definition) is 1. The van der Waals surface area contributed by atoms with E-state index in [9.17, 15) is 4.79 Å². The lowest BCUT2D eigenvalue weighted by Crippen LogP contribution is -2.14. The van der Waals surface area contributed by atoms with E-state index in [1.165, 1.54) is 11.8 Å². The lowest BCUT2D eigenvalue weighted by atomic mass is 10.1. The van der Waals surface area contributed by atoms with Crippen LogP contribution in [0.5, 0.6) is 0 Å². The van der Waals surface area contributed by atoms with Gasteiger partial charge < -0.3 is 5.32 Å². The second kappa shape index (κ2) is 8.57. The number of anilines is 1. The minimum absolute atomic E-state index is 0.234. The number of halogens is 2. The fourth-order valence-electron chi connectivity index (χ4n) is 3.51. The zero-order valence-electron chi connectivity index (χ0n) is 16.9. The monoisotopic (exact) mass is 485 g/mol. The summed E-state index contributed by atoms with van der Waals surface area (Å²) < 4.78 is 3.37. The molecule has 162 valence electrons. The van der Waals surface area contributed by atoms with E-state index in [1.54, 1.807) is 27.7 Å². The van der Waals surface area contributed by atoms with Crippen molar-refractivity contribution in [3.63, 3.8) is 0 Å². The van der Waals surface area contributed by atoms with Gasteiger partial charge >= 0.3 is 0 Å². The molecule has 0 atom stereocenters. The minimum atomic E-state index is -0.234. The van der Waals surface area contributed by atoms with Crippen molar-refractivity contribution in [2.75, 3.05) is 11.6 Å². The third-order valence-electron chi connectivity index (χ3n) is 5.13. The number of carbonyl (C=O) groups excluding carboxylic acids is 1. The Balaban J connectivity index is 1.46. The molecule has 0 bridgehead atoms. The quantitative estimate of drug-likeness (QED) is 0.386. The molecule has 32 heavy (non-hydrogen) atoms. The van der Waals surface area contributed by atoms with Gasteiger partial charge in [0.15, 0.2) is 0 Å². The zero-order valence-corrected chi connectivity index (χ0v) is 19.2. The normalized spacial score (nSPS) is 13.3. The van der Waals surface area contributed by atoms with Crippen LogP contribution in [0.25, 0.3) is 11.4 Å². The molecule has 0 saturated heterocycles. The van der Waals surface area contributed by atoms with Crippen LogP contribution in [0.1, 0.15) is 34.8 Å². The van der Waals surface area contributed by atoms with Crippen LogP contribution >= 0.6 is 35.0 Å². The molecule has 1 aliphatic rings. The first-order valence-corrected chi connectivity index (χ1v) is 11.8. The molecule has 0 spiro atoms. The van der Waals surface area contributed by atoms with Gasteiger partial charge in [-0.1, -0.05) is 41.0 Å². The van der Waals surface area contributed by atoms with Gasteiger partial charge in [0.05, 0.1) is 33.9 Å². The predicted molar refractivity (Wildman–Crippen MR) is 124 cm³/mol. The van der Waals surface area contributed by atoms with E-state index in [4.69, 9.17) is 23.2 Å². The molecule has 2 heterocycles. The fraction of sp³-hybridized carbons (Fsp3) is 0.190. The minimum Gasteiger partial charge on any atom is -0.322 e. The average molecular weight is 486 g/mol. The molecule has 1 aliphatic carbocycles. The summed E-state index contributed by atoms with van der Waals surface area (Å²) in [5.41, 5.74) is 3.46. The van der Waals surface area contributed by atoms with Crippen molar-refractivity contribution in [3.8, 4) is 11.4 Å². The summed E-state index contributed by atoms with van der Waals surface area (Å²) in [6.07, 6.45) is 5.50. The largest absolute Gasteiger partial charge is 0.322 e. The number of thioether (sulfide) groups is 1. The molecule has 0 aliphatic heterocycles. The summed E-state index contributed by atoms with van der Waals surface area (Å²) in [4.78, 5) is 13.2. The Morgan fingerprint density at radius 3 is 2.75 bits per heavy atom. The Morgan fingerprint density at radius 1 is 1.16 bits per heavy atom. The lowest BCUT2D eigenvalue weighted by Gasteiger charge is -2.11. The topological polar surface area (TPSA) is 90.5 Å². The summed E-state index contributed by atoms with van der Waals surface area (Å²) in [5.74, 6) is 0.0314. The number of hydrogen-bond acceptors (Lipinski definition) is 6. The molecule has 0 unspecified atom stereocenters. The van der Waals surface area contributed by atoms with Crippen molar-refractivity contribution in [1.82, 2.24) is 30.0 Å². The number of rotatable bonds is 6. The van der Waals surface area contributed by atoms with Gasteiger partial charge in [0.2, 0.25) is 5.16 Å². The van der Waals surface area contributed by atoms with Gasteiger partial charge in [0, 0.05) is 16.6 Å². The maximum atomic E-state index is 13.2. The van der Waals surface area contributed by atoms with Crippen LogP contribution in [0.2, 0.25) is 10.0 Å². The Kier molecular flexibility index (Phi) is 5.62. The second-order valence-corrected chi connectivity index (χ2v) is 8.92. The molecule has 2 aromatic heterocycles. The number of nitrogens with zero attached hydrogens (tertiary/aromatic N) is 6. The SMILES string of the molecule is CSc1nnnn1-c1cccc(NC(=O)c2cnn(-c3ccc(Cl)cc3Cl)c2C2CC2)c1. The maximum absolute atomic E-state index is 13.2. The average Bonchev–Trinajstić information content (AvgIpc) is 3.33. The smallest absolute Gasteiger partial charge is 0.259 e. The van der Waals surface area contributed by atoms with E-state index in [-0.39, 0.29) is 11.8 Å². The maximum Gasteiger partial charge on any atom is 0.259 e. The third kappa shape index (κ3) is 3.99. The van der Waals surface area contributed by atoms with E-state index < -0.39 is 0 Å². The number of tetrazole rings is 1. The Labute approximate surface area is 197 Å². The van der Waals surface area contributed by atoms with Gasteiger partial charge in [-0.3, -0.25) is 4.79 Å². The molecular formula is C21H17Cl2N7OS. The highest BCUT2D eigenvalue weighted by molar-refractivity contribution is 7.98. The van der Waals surface area contributed by atoms with Gasteiger partial charge in [-0.05, 0) is 65.9 Å². The summed E-state index contributed by atoms with van der Waals surface area (Å²) in [5, 5.41) is 20.8. The van der Waals surface area contributed by atoms with Crippen molar-refractivity contribution in [1.29, 1.82) is 0 Å². The molecule has 1 amide bonds. The van der Waals surface area contributed by atoms with E-state index in [1.807, 2.05) is 36.6 Å². The highest BCUT2D eigenvalue weighted by atomic mass is 35.5. The Bertz CT molecular complexity index is 1320. The highest BCUT2D eigenvalue weighted by Crippen LogP contribution is 2.43. The third-order valence-corrected chi connectivity index (χ3v) is 6.28. The van der Waals surface area contributed by atoms with Crippen molar-refractivity contribution >= 4 is 46.6 Å². The van der Waals surface area contributed by atoms with Crippen LogP contribution in [0, 0.1) is 0 Å². The van der Waals surface area contributed by atoms with Crippen LogP contribution in [-0.2, 0) is 0 Å². The summed E-state index contributed by atoms with van der Waals surface area (Å²) in [7, 11) is 0. The van der Waals surface area contributed by atoms with Crippen LogP contribution in [0.15, 0.2) is 53.8 Å². The van der Waals surface area contributed by atoms with Gasteiger partial charge in [-0.25, -0.2) is 4.68 Å². The molecule has 4 aromatic rings. The highest BCUT2D eigenvalue weighted by Gasteiger charge is 2.33. The first-order valence-electron chi connectivity index (χ1n) is 9.82. The van der Waals surface area contributed by atoms with Crippen molar-refractivity contribution in [3.05, 3.63) is 70.0 Å². The molecule has 8 nitrogen and oxygen atoms in total. The van der Waals surface area contributed by atoms with E-state index in [0.717, 1.165) is 24.2 Å². The van der Waals surface area contributed by atoms with Gasteiger partial charge in [0.1, 0.15) is 0 Å². The first-order chi connectivity index (χ1) is 15.5. The van der Waals surface area contributed by atoms with E-state index in [0.29, 0.717) is 32.1 Å². The number of amides is 1. The predicted octanol–water partition coefficient (Wildman–Crippen LogP) is 5.01. The van der Waals surface area contributed by atoms with Gasteiger partial charge in [0.25, 0.3) is 5.91 Å². The molecule has 5 rings (SSSR count). The van der Waals surface area contributed by atoms with Gasteiger partial charge in [-0.2, -0.15) is 9.78 Å². The number of carbonyl (C=O) groups is 1. The van der Waals surface area contributed by atoms with Gasteiger partial charge in [-0.15, -0.1) is 5.10 Å². The summed E-state index contributed by atoms with van der Waals surface area (Å²) in [6, 6.07) is 12.6. The molecule has 2 aromatic carbocycles. The number of nitrogens with one attached hydrogen (secondary N) is 1. The second-order valence-electron chi connectivity index (χ2n) is 7.31. The number of aromatic nitrogens is 6. The molecular weight excluding hydrogens is 469 g/mol. The molecule has 1 N–H and O–H groups in total. The number of benzene rings is 2. The molecule has 11 heteroatoms. The Morgan fingerprint density at radius 2 is 2.00 bits per heavy atom. The van der Waals surface area contributed by atoms with Crippen LogP contribution in [0.3, 0.4) is 0 Å². The molecule has 1 fully saturated rings. The van der Waals surface area contributed by atoms with Crippen molar-refractivity contribution in [2.24, 2.45) is 0 Å². The van der Waals surface area contributed by atoms with Crippen molar-refractivity contribution in [2.45, 2.75) is 23.9 Å². The zero-order chi connectivity index (χ0) is 22.2. The standard InChI is InChI=1S/C21H17Cl2N7OS/c1-32-21-26-27-28-29(21)15-4-2-3-14(10-15)25-20(31)16-11-24-30(19(16)12-5-6-12)18-8-7-13(22)9-17(18)23/h2-4,7-12H,5-6H2,1H3,(H,25,31). The first kappa shape index (κ1) is 21.0. The summed E-state index contributed by atoms with van der Waals surface area (Å²) in [6.45, 7) is 0. The molecule has 1 saturated carbocycles. The van der Waals surface area contributed by atoms with E-state index in [2.05, 4.69) is 25.9 Å². The van der Waals surface area contributed by atoms with Crippen LogP contribution in [0.4, 0.5) is 5.69 Å². The van der Waals surface area contributed by atoms with Crippen LogP contribution < -0.4 is 5.32 Å². The van der Waals surface area contributed by atoms with Crippen LogP contribution in [-0.4, -0.2) is 42.2 Å². The lowest BCUT2D eigenvalue weighted by molar-refractivity contribution is 0.102. The van der Waals surface area contributed by atoms with Crippen molar-refractivity contribution < 1.29 is 4.79 Å². The van der Waals surface area contributed by atoms with E-state index >= 15 is 0 Å². The Hall–Kier alpha value is -2.88. The molecule has 0 radical (unpaired) electrons. The fourth-order valence-corrected chi connectivity index (χ4v) is 4.43. The summed E-state index contributed by atoms with van der Waals surface area (Å²) >= 11 is 13.9.